The number of carbonyl (C=O) groups is 1. The third-order valence-electron chi connectivity index (χ3n) is 5.00. The van der Waals surface area contributed by atoms with Crippen LogP contribution >= 0.6 is 0 Å². The molecule has 2 aliphatic carbocycles. The van der Waals surface area contributed by atoms with E-state index in [1.165, 1.54) is 37.7 Å². The van der Waals surface area contributed by atoms with Crippen LogP contribution in [0.4, 0.5) is 5.69 Å². The topological polar surface area (TPSA) is 41.1 Å². The standard InChI is InChI=1S/C21H28N2O/c1-14-18(22-15-10-6-5-7-11-15)19(20(14)24)23-17-13-9-8-12-16(17)21(2,3)4/h8-9,12-13,15,22-23H,1,5-7,10-11H2,2-4H3. The SMILES string of the molecule is C=C1C(=O)C(Nc2ccccc2C(C)(C)C)=C1NC1CCCCC1. The van der Waals surface area contributed by atoms with Crippen molar-refractivity contribution in [2.75, 3.05) is 5.32 Å². The number of anilines is 1. The highest BCUT2D eigenvalue weighted by Gasteiger charge is 2.34. The molecule has 2 aliphatic rings. The molecule has 1 saturated carbocycles. The number of hydrogen-bond donors (Lipinski definition) is 2. The average molecular weight is 324 g/mol. The number of nitrogens with one attached hydrogen (secondary N) is 2. The maximum Gasteiger partial charge on any atom is 0.212 e. The molecule has 0 spiro atoms. The molecule has 1 aromatic rings. The summed E-state index contributed by atoms with van der Waals surface area (Å²) in [4.78, 5) is 12.3. The summed E-state index contributed by atoms with van der Waals surface area (Å²) in [6.07, 6.45) is 6.21. The molecule has 0 aliphatic heterocycles. The summed E-state index contributed by atoms with van der Waals surface area (Å²) >= 11 is 0. The molecule has 1 aromatic carbocycles. The van der Waals surface area contributed by atoms with Gasteiger partial charge in [0.15, 0.2) is 0 Å². The van der Waals surface area contributed by atoms with Gasteiger partial charge in [0.05, 0.1) is 5.70 Å². The second kappa shape index (κ2) is 6.46. The van der Waals surface area contributed by atoms with E-state index in [1.54, 1.807) is 0 Å². The predicted octanol–water partition coefficient (Wildman–Crippen LogP) is 4.67. The Kier molecular flexibility index (Phi) is 4.53. The molecule has 0 atom stereocenters. The first-order valence-electron chi connectivity index (χ1n) is 8.99. The van der Waals surface area contributed by atoms with Crippen molar-refractivity contribution < 1.29 is 4.79 Å². The van der Waals surface area contributed by atoms with Gasteiger partial charge in [0.25, 0.3) is 0 Å². The van der Waals surface area contributed by atoms with Crippen LogP contribution < -0.4 is 10.6 Å². The van der Waals surface area contributed by atoms with Crippen LogP contribution in [0, 0.1) is 0 Å². The molecule has 0 heterocycles. The van der Waals surface area contributed by atoms with Crippen molar-refractivity contribution in [2.45, 2.75) is 64.3 Å². The Morgan fingerprint density at radius 2 is 1.71 bits per heavy atom. The summed E-state index contributed by atoms with van der Waals surface area (Å²) in [7, 11) is 0. The Morgan fingerprint density at radius 3 is 2.38 bits per heavy atom. The van der Waals surface area contributed by atoms with Crippen molar-refractivity contribution in [3.05, 3.63) is 53.4 Å². The monoisotopic (exact) mass is 324 g/mol. The molecule has 0 saturated heterocycles. The predicted molar refractivity (Wildman–Crippen MR) is 99.9 cm³/mol. The van der Waals surface area contributed by atoms with Crippen molar-refractivity contribution in [1.82, 2.24) is 5.32 Å². The summed E-state index contributed by atoms with van der Waals surface area (Å²) in [6.45, 7) is 10.5. The van der Waals surface area contributed by atoms with E-state index in [0.717, 1.165) is 11.4 Å². The quantitative estimate of drug-likeness (QED) is 0.791. The van der Waals surface area contributed by atoms with Gasteiger partial charge in [-0.15, -0.1) is 0 Å². The fraction of sp³-hybridized carbons (Fsp3) is 0.476. The van der Waals surface area contributed by atoms with Crippen LogP contribution in [0.5, 0.6) is 0 Å². The second-order valence-electron chi connectivity index (χ2n) is 7.96. The van der Waals surface area contributed by atoms with Gasteiger partial charge in [-0.05, 0) is 29.9 Å². The highest BCUT2D eigenvalue weighted by molar-refractivity contribution is 6.20. The van der Waals surface area contributed by atoms with Crippen LogP contribution in [0.1, 0.15) is 58.4 Å². The Morgan fingerprint density at radius 1 is 1.04 bits per heavy atom. The maximum absolute atomic E-state index is 12.3. The summed E-state index contributed by atoms with van der Waals surface area (Å²) < 4.78 is 0. The summed E-state index contributed by atoms with van der Waals surface area (Å²) in [6, 6.07) is 8.68. The number of Topliss-reactive ketones (excluding diaryl/α,β-unsaturated/α-hetero) is 1. The molecule has 3 heteroatoms. The van der Waals surface area contributed by atoms with Crippen molar-refractivity contribution >= 4 is 11.5 Å². The highest BCUT2D eigenvalue weighted by Crippen LogP contribution is 2.34. The first kappa shape index (κ1) is 16.8. The van der Waals surface area contributed by atoms with Crippen LogP contribution in [0.2, 0.25) is 0 Å². The van der Waals surface area contributed by atoms with E-state index in [2.05, 4.69) is 44.1 Å². The van der Waals surface area contributed by atoms with Crippen molar-refractivity contribution in [1.29, 1.82) is 0 Å². The number of hydrogen-bond acceptors (Lipinski definition) is 3. The van der Waals surface area contributed by atoms with Crippen LogP contribution in [0.15, 0.2) is 47.8 Å². The molecule has 3 rings (SSSR count). The van der Waals surface area contributed by atoms with Crippen LogP contribution in [0.3, 0.4) is 0 Å². The third kappa shape index (κ3) is 3.26. The zero-order valence-electron chi connectivity index (χ0n) is 15.0. The molecule has 0 aromatic heterocycles. The lowest BCUT2D eigenvalue weighted by atomic mass is 9.85. The molecule has 0 radical (unpaired) electrons. The molecule has 0 amide bonds. The average Bonchev–Trinajstić information content (AvgIpc) is 2.58. The largest absolute Gasteiger partial charge is 0.380 e. The molecule has 3 nitrogen and oxygen atoms in total. The minimum atomic E-state index is 0.0188. The minimum absolute atomic E-state index is 0.0188. The van der Waals surface area contributed by atoms with Crippen LogP contribution in [-0.2, 0) is 10.2 Å². The molecule has 0 unspecified atom stereocenters. The first-order chi connectivity index (χ1) is 11.4. The number of carbonyl (C=O) groups excluding carboxylic acids is 1. The lowest BCUT2D eigenvalue weighted by Crippen LogP contribution is -2.40. The lowest BCUT2D eigenvalue weighted by molar-refractivity contribution is -0.113. The fourth-order valence-corrected chi connectivity index (χ4v) is 3.58. The number of para-hydroxylation sites is 1. The van der Waals surface area contributed by atoms with Gasteiger partial charge in [0, 0.05) is 17.3 Å². The zero-order chi connectivity index (χ0) is 17.3. The molecule has 128 valence electrons. The van der Waals surface area contributed by atoms with Crippen LogP contribution in [-0.4, -0.2) is 11.8 Å². The smallest absolute Gasteiger partial charge is 0.212 e. The van der Waals surface area contributed by atoms with E-state index in [-0.39, 0.29) is 11.2 Å². The van der Waals surface area contributed by atoms with Crippen LogP contribution in [0.25, 0.3) is 0 Å². The van der Waals surface area contributed by atoms with E-state index >= 15 is 0 Å². The maximum atomic E-state index is 12.3. The third-order valence-corrected chi connectivity index (χ3v) is 5.00. The van der Waals surface area contributed by atoms with Gasteiger partial charge in [0.2, 0.25) is 5.78 Å². The van der Waals surface area contributed by atoms with E-state index in [0.29, 0.717) is 17.3 Å². The number of allylic oxidation sites excluding steroid dienone is 2. The number of ketones is 1. The van der Waals surface area contributed by atoms with Crippen molar-refractivity contribution in [2.24, 2.45) is 0 Å². The van der Waals surface area contributed by atoms with E-state index < -0.39 is 0 Å². The van der Waals surface area contributed by atoms with Gasteiger partial charge in [-0.25, -0.2) is 0 Å². The highest BCUT2D eigenvalue weighted by atomic mass is 16.1. The Bertz CT molecular complexity index is 688. The molecular formula is C21H28N2O. The lowest BCUT2D eigenvalue weighted by Gasteiger charge is -2.33. The Labute approximate surface area is 145 Å². The first-order valence-corrected chi connectivity index (χ1v) is 8.99. The summed E-state index contributed by atoms with van der Waals surface area (Å²) in [5.41, 5.74) is 4.42. The summed E-state index contributed by atoms with van der Waals surface area (Å²) in [5, 5.41) is 6.94. The van der Waals surface area contributed by atoms with E-state index in [9.17, 15) is 4.79 Å². The normalized spacial score (nSPS) is 19.3. The molecule has 0 bridgehead atoms. The molecule has 1 fully saturated rings. The van der Waals surface area contributed by atoms with E-state index in [4.69, 9.17) is 0 Å². The van der Waals surface area contributed by atoms with Gasteiger partial charge < -0.3 is 10.6 Å². The van der Waals surface area contributed by atoms with Gasteiger partial charge >= 0.3 is 0 Å². The van der Waals surface area contributed by atoms with Crippen molar-refractivity contribution in [3.63, 3.8) is 0 Å². The van der Waals surface area contributed by atoms with E-state index in [1.807, 2.05) is 18.2 Å². The Hall–Kier alpha value is -2.03. The molecular weight excluding hydrogens is 296 g/mol. The van der Waals surface area contributed by atoms with Gasteiger partial charge in [-0.1, -0.05) is 64.8 Å². The fourth-order valence-electron chi connectivity index (χ4n) is 3.58. The second-order valence-corrected chi connectivity index (χ2v) is 7.96. The van der Waals surface area contributed by atoms with Gasteiger partial charge in [0.1, 0.15) is 5.70 Å². The molecule has 2 N–H and O–H groups in total. The Balaban J connectivity index is 1.85. The summed E-state index contributed by atoms with van der Waals surface area (Å²) in [5.74, 6) is 0.0250. The number of benzene rings is 1. The number of rotatable bonds is 4. The zero-order valence-corrected chi connectivity index (χ0v) is 15.0. The van der Waals surface area contributed by atoms with Gasteiger partial charge in [-0.3, -0.25) is 4.79 Å². The van der Waals surface area contributed by atoms with Gasteiger partial charge in [-0.2, -0.15) is 0 Å². The van der Waals surface area contributed by atoms with Crippen molar-refractivity contribution in [3.8, 4) is 0 Å². The minimum Gasteiger partial charge on any atom is -0.380 e. The molecule has 24 heavy (non-hydrogen) atoms.